The molecular formula is C8H19ClNO6P. The van der Waals surface area contributed by atoms with Gasteiger partial charge >= 0.3 is 7.82 Å². The average molecular weight is 292 g/mol. The molecule has 0 aromatic rings. The summed E-state index contributed by atoms with van der Waals surface area (Å²) in [5.74, 6) is -1.23. The predicted molar refractivity (Wildman–Crippen MR) is 63.3 cm³/mol. The van der Waals surface area contributed by atoms with E-state index in [2.05, 4.69) is 11.1 Å². The number of hydrogen-bond donors (Lipinski definition) is 2. The zero-order valence-electron chi connectivity index (χ0n) is 10.0. The number of nitrogens with zero attached hydrogens (tertiary/aromatic N) is 1. The van der Waals surface area contributed by atoms with Crippen molar-refractivity contribution in [2.75, 3.05) is 34.3 Å². The lowest BCUT2D eigenvalue weighted by Crippen LogP contribution is -2.37. The molecular weight excluding hydrogens is 273 g/mol. The number of carbonyl (C=O) groups is 1. The molecule has 9 heteroatoms. The molecule has 0 amide bonds. The maximum Gasteiger partial charge on any atom is 0.469 e. The summed E-state index contributed by atoms with van der Waals surface area (Å²) in [7, 11) is 1.50. The van der Waals surface area contributed by atoms with Crippen molar-refractivity contribution in [3.8, 4) is 0 Å². The van der Waals surface area contributed by atoms with Crippen LogP contribution >= 0.6 is 20.2 Å². The highest BCUT2D eigenvalue weighted by Crippen LogP contribution is 2.35. The topological polar surface area (TPSA) is 107 Å². The van der Waals surface area contributed by atoms with Crippen molar-refractivity contribution < 1.29 is 33.3 Å². The summed E-state index contributed by atoms with van der Waals surface area (Å²) in [6.07, 6.45) is 0.722. The smallest absolute Gasteiger partial charge is 0.469 e. The van der Waals surface area contributed by atoms with Gasteiger partial charge in [-0.25, -0.2) is 4.57 Å². The number of quaternary nitrogens is 1. The molecule has 7 nitrogen and oxygen atoms in total. The standard InChI is InChI=1S/C5H14NO4P.C3H4O2.ClH/c1-6(2,3)4-5-10-11(7,8)9;1-2-3(4)5;/h4-5H2,1-3H3,(H-,7,8,9);2H,1H2,(H,4,5);1H. The third-order valence-corrected chi connectivity index (χ3v) is 1.71. The lowest BCUT2D eigenvalue weighted by molar-refractivity contribution is -0.870. The largest absolute Gasteiger partial charge is 0.545 e. The number of phosphoric acid groups is 1. The van der Waals surface area contributed by atoms with E-state index in [0.29, 0.717) is 11.0 Å². The molecule has 0 saturated carbocycles. The molecule has 0 spiro atoms. The van der Waals surface area contributed by atoms with Gasteiger partial charge in [0, 0.05) is 0 Å². The Morgan fingerprint density at radius 1 is 1.47 bits per heavy atom. The van der Waals surface area contributed by atoms with Crippen LogP contribution < -0.4 is 5.11 Å². The number of carbonyl (C=O) groups excluding carboxylic acids is 1. The first-order valence-electron chi connectivity index (χ1n) is 4.32. The maximum atomic E-state index is 10.2. The van der Waals surface area contributed by atoms with Gasteiger partial charge in [0.15, 0.2) is 0 Å². The van der Waals surface area contributed by atoms with Crippen LogP contribution in [-0.2, 0) is 13.9 Å². The van der Waals surface area contributed by atoms with Crippen molar-refractivity contribution >= 4 is 26.2 Å². The van der Waals surface area contributed by atoms with Gasteiger partial charge in [0.2, 0.25) is 0 Å². The van der Waals surface area contributed by atoms with Gasteiger partial charge in [-0.15, -0.1) is 12.4 Å². The Bertz CT molecular complexity index is 272. The Balaban J connectivity index is -0.000000280. The zero-order valence-corrected chi connectivity index (χ0v) is 11.7. The molecule has 2 N–H and O–H groups in total. The molecule has 0 heterocycles. The van der Waals surface area contributed by atoms with E-state index >= 15 is 0 Å². The van der Waals surface area contributed by atoms with Crippen molar-refractivity contribution in [3.63, 3.8) is 0 Å². The fourth-order valence-corrected chi connectivity index (χ4v) is 0.753. The predicted octanol–water partition coefficient (Wildman–Crippen LogP) is -0.854. The van der Waals surface area contributed by atoms with Gasteiger partial charge in [-0.05, 0) is 6.08 Å². The molecule has 0 saturated heterocycles. The van der Waals surface area contributed by atoms with Crippen molar-refractivity contribution in [3.05, 3.63) is 12.7 Å². The second-order valence-electron chi connectivity index (χ2n) is 3.86. The van der Waals surface area contributed by atoms with Crippen LogP contribution in [0.15, 0.2) is 12.7 Å². The number of halogens is 1. The van der Waals surface area contributed by atoms with Crippen LogP contribution in [0.5, 0.6) is 0 Å². The lowest BCUT2D eigenvalue weighted by atomic mass is 10.5. The van der Waals surface area contributed by atoms with Crippen molar-refractivity contribution in [1.29, 1.82) is 0 Å². The summed E-state index contributed by atoms with van der Waals surface area (Å²) in [4.78, 5) is 25.7. The van der Waals surface area contributed by atoms with Crippen LogP contribution in [0, 0.1) is 0 Å². The van der Waals surface area contributed by atoms with Gasteiger partial charge in [0.1, 0.15) is 13.2 Å². The number of hydrogen-bond acceptors (Lipinski definition) is 4. The molecule has 0 atom stereocenters. The van der Waals surface area contributed by atoms with Crippen molar-refractivity contribution in [2.24, 2.45) is 0 Å². The summed E-state index contributed by atoms with van der Waals surface area (Å²) in [6.45, 7) is 3.55. The first kappa shape index (κ1) is 21.8. The Labute approximate surface area is 107 Å². The van der Waals surface area contributed by atoms with Crippen LogP contribution in [0.2, 0.25) is 0 Å². The minimum atomic E-state index is -4.26. The van der Waals surface area contributed by atoms with Crippen LogP contribution in [-0.4, -0.2) is 54.5 Å². The highest BCUT2D eigenvalue weighted by molar-refractivity contribution is 7.46. The minimum absolute atomic E-state index is 0. The van der Waals surface area contributed by atoms with E-state index in [1.165, 1.54) is 0 Å². The molecule has 0 aliphatic rings. The zero-order chi connectivity index (χ0) is 13.4. The van der Waals surface area contributed by atoms with E-state index in [4.69, 9.17) is 19.7 Å². The number of carboxylic acids is 1. The summed E-state index contributed by atoms with van der Waals surface area (Å²) in [5, 5.41) is 9.14. The first-order chi connectivity index (χ1) is 6.98. The summed E-state index contributed by atoms with van der Waals surface area (Å²) >= 11 is 0. The molecule has 0 aliphatic heterocycles. The number of aliphatic carboxylic acids is 1. The molecule has 0 rings (SSSR count). The average Bonchev–Trinajstić information content (AvgIpc) is 2.00. The van der Waals surface area contributed by atoms with Gasteiger partial charge in [-0.2, -0.15) is 0 Å². The Hall–Kier alpha value is -0.430. The third-order valence-electron chi connectivity index (χ3n) is 1.19. The van der Waals surface area contributed by atoms with E-state index < -0.39 is 13.8 Å². The Morgan fingerprint density at radius 3 is 2.00 bits per heavy atom. The molecule has 104 valence electrons. The Kier molecular flexibility index (Phi) is 12.3. The van der Waals surface area contributed by atoms with Crippen LogP contribution in [0.25, 0.3) is 0 Å². The number of likely N-dealkylation sites (N-methyl/N-ethyl adjacent to an activating group) is 1. The number of rotatable bonds is 5. The third kappa shape index (κ3) is 31.3. The quantitative estimate of drug-likeness (QED) is 0.388. The Morgan fingerprint density at radius 2 is 1.82 bits per heavy atom. The SMILES string of the molecule is C=CC(=O)[O-].C[N+](C)(C)CCOP(=O)(O)O.Cl. The maximum absolute atomic E-state index is 10.2. The van der Waals surface area contributed by atoms with Crippen molar-refractivity contribution in [2.45, 2.75) is 0 Å². The fraction of sp³-hybridized carbons (Fsp3) is 0.625. The fourth-order valence-electron chi connectivity index (χ4n) is 0.434. The molecule has 17 heavy (non-hydrogen) atoms. The highest BCUT2D eigenvalue weighted by Gasteiger charge is 2.15. The second-order valence-corrected chi connectivity index (χ2v) is 5.10. The molecule has 0 fully saturated rings. The van der Waals surface area contributed by atoms with E-state index in [1.54, 1.807) is 0 Å². The van der Waals surface area contributed by atoms with Crippen molar-refractivity contribution in [1.82, 2.24) is 0 Å². The summed E-state index contributed by atoms with van der Waals surface area (Å²) in [6, 6.07) is 0. The van der Waals surface area contributed by atoms with Crippen LogP contribution in [0.1, 0.15) is 0 Å². The number of carboxylic acid groups (broad SMARTS) is 1. The monoisotopic (exact) mass is 291 g/mol. The van der Waals surface area contributed by atoms with Crippen LogP contribution in [0.4, 0.5) is 0 Å². The summed E-state index contributed by atoms with van der Waals surface area (Å²) < 4.78 is 15.1. The normalized spacial score (nSPS) is 10.6. The van der Waals surface area contributed by atoms with Gasteiger partial charge in [-0.3, -0.25) is 4.52 Å². The molecule has 0 radical (unpaired) electrons. The number of phosphoric ester groups is 1. The van der Waals surface area contributed by atoms with E-state index in [0.717, 1.165) is 6.08 Å². The molecule has 0 aliphatic carbocycles. The summed E-state index contributed by atoms with van der Waals surface area (Å²) in [5.41, 5.74) is 0. The first-order valence-corrected chi connectivity index (χ1v) is 5.85. The molecule has 0 unspecified atom stereocenters. The second kappa shape index (κ2) is 9.58. The van der Waals surface area contributed by atoms with E-state index in [-0.39, 0.29) is 19.0 Å². The van der Waals surface area contributed by atoms with E-state index in [1.807, 2.05) is 21.1 Å². The lowest BCUT2D eigenvalue weighted by Gasteiger charge is -2.23. The van der Waals surface area contributed by atoms with E-state index in [9.17, 15) is 4.57 Å². The van der Waals surface area contributed by atoms with Crippen LogP contribution in [0.3, 0.4) is 0 Å². The van der Waals surface area contributed by atoms with Gasteiger partial charge in [0.05, 0.1) is 27.1 Å². The van der Waals surface area contributed by atoms with Gasteiger partial charge in [-0.1, -0.05) is 6.58 Å². The van der Waals surface area contributed by atoms with Gasteiger partial charge in [0.25, 0.3) is 0 Å². The molecule has 0 aromatic heterocycles. The molecule has 0 aromatic carbocycles. The highest BCUT2D eigenvalue weighted by atomic mass is 35.5. The van der Waals surface area contributed by atoms with Gasteiger partial charge < -0.3 is 24.2 Å². The minimum Gasteiger partial charge on any atom is -0.545 e. The molecule has 0 bridgehead atoms.